The summed E-state index contributed by atoms with van der Waals surface area (Å²) in [6, 6.07) is 36.0. The number of fused-ring (bicyclic) bond motifs is 2. The Hall–Kier alpha value is -7.74. The van der Waals surface area contributed by atoms with Crippen LogP contribution in [0.3, 0.4) is 0 Å². The molecule has 1 N–H and O–H groups in total. The number of likely N-dealkylation sites (N-methyl/N-ethyl adjacent to an activating group) is 2. The second-order valence-corrected chi connectivity index (χ2v) is 30.2. The third-order valence-corrected chi connectivity index (χ3v) is 21.4. The molecule has 3 saturated heterocycles. The van der Waals surface area contributed by atoms with Crippen molar-refractivity contribution in [2.45, 2.75) is 134 Å². The van der Waals surface area contributed by atoms with Gasteiger partial charge in [-0.3, -0.25) is 29.4 Å². The Kier molecular flexibility index (Phi) is 25.5. The number of hydrogen-bond donors (Lipinski definition) is 1. The molecule has 10 rings (SSSR count). The number of nitrogens with one attached hydrogen (secondary N) is 1. The van der Waals surface area contributed by atoms with Gasteiger partial charge in [0.05, 0.1) is 34.3 Å². The summed E-state index contributed by atoms with van der Waals surface area (Å²) < 4.78 is 116. The van der Waals surface area contributed by atoms with Gasteiger partial charge in [0.2, 0.25) is 11.8 Å². The van der Waals surface area contributed by atoms with Crippen LogP contribution in [0.2, 0.25) is 0 Å². The smallest absolute Gasteiger partial charge is 0.416 e. The van der Waals surface area contributed by atoms with Crippen molar-refractivity contribution in [2.75, 3.05) is 118 Å². The summed E-state index contributed by atoms with van der Waals surface area (Å²) >= 11 is 1.50. The number of piperidine rings is 2. The van der Waals surface area contributed by atoms with Gasteiger partial charge in [-0.2, -0.15) is 26.3 Å². The Morgan fingerprint density at radius 2 is 1.32 bits per heavy atom. The normalized spacial score (nSPS) is 18.2. The fourth-order valence-electron chi connectivity index (χ4n) is 14.6. The van der Waals surface area contributed by atoms with Crippen molar-refractivity contribution in [3.8, 4) is 11.1 Å². The number of amides is 5. The number of rotatable bonds is 28. The molecule has 102 heavy (non-hydrogen) atoms. The van der Waals surface area contributed by atoms with E-state index in [2.05, 4.69) is 52.9 Å². The predicted molar refractivity (Wildman–Crippen MR) is 379 cm³/mol. The SMILES string of the molecule is CN(CCN1CCC(OC(=O)Nc2ccccc2-c2ccccc2)CC1)C(=O)CCCCCN(Cc1ccc(C(=O)N(C)CCCN(C)C(=O)CO[C@H]2Cc3ccccc3C23CCN(CC[C@]2(c4ccc(F)cc4)CN(C(=O)c4cc(C(F)(F)F)cc(C(F)(F)F)c4)CO2)CC3)s1)CC(C)(C)C. The molecule has 1 aliphatic carbocycles. The lowest BCUT2D eigenvalue weighted by atomic mass is 9.72. The predicted octanol–water partition coefficient (Wildman–Crippen LogP) is 14.5. The lowest BCUT2D eigenvalue weighted by molar-refractivity contribution is -0.143. The number of halogens is 7. The van der Waals surface area contributed by atoms with Gasteiger partial charge < -0.3 is 43.6 Å². The van der Waals surface area contributed by atoms with Crippen molar-refractivity contribution in [3.05, 3.63) is 182 Å². The summed E-state index contributed by atoms with van der Waals surface area (Å²) in [6.45, 7) is 13.7. The minimum absolute atomic E-state index is 0.0257. The minimum atomic E-state index is -5.15. The molecule has 0 bridgehead atoms. The summed E-state index contributed by atoms with van der Waals surface area (Å²) in [4.78, 5) is 82.5. The van der Waals surface area contributed by atoms with E-state index >= 15 is 0 Å². The van der Waals surface area contributed by atoms with Crippen molar-refractivity contribution >= 4 is 46.7 Å². The number of benzene rings is 5. The highest BCUT2D eigenvalue weighted by Crippen LogP contribution is 2.49. The molecule has 4 heterocycles. The van der Waals surface area contributed by atoms with Gasteiger partial charge in [-0.05, 0) is 154 Å². The van der Waals surface area contributed by atoms with E-state index in [4.69, 9.17) is 14.2 Å². The molecule has 550 valence electrons. The molecule has 2 atom stereocenters. The zero-order valence-corrected chi connectivity index (χ0v) is 60.0. The number of alkyl halides is 6. The van der Waals surface area contributed by atoms with E-state index in [1.54, 1.807) is 23.9 Å². The van der Waals surface area contributed by atoms with Crippen molar-refractivity contribution in [1.82, 2.24) is 34.3 Å². The maximum atomic E-state index is 14.3. The molecule has 1 aromatic heterocycles. The Labute approximate surface area is 598 Å². The van der Waals surface area contributed by atoms with Crippen molar-refractivity contribution in [3.63, 3.8) is 0 Å². The topological polar surface area (TPSA) is 148 Å². The highest BCUT2D eigenvalue weighted by molar-refractivity contribution is 7.14. The van der Waals surface area contributed by atoms with Gasteiger partial charge in [-0.15, -0.1) is 11.3 Å². The van der Waals surface area contributed by atoms with Gasteiger partial charge in [0, 0.05) is 108 Å². The average Bonchev–Trinajstić information content (AvgIpc) is 1.57. The Morgan fingerprint density at radius 1 is 0.676 bits per heavy atom. The number of unbranched alkanes of at least 4 members (excludes halogenated alkanes) is 2. The second kappa shape index (κ2) is 33.8. The fourth-order valence-corrected chi connectivity index (χ4v) is 15.7. The van der Waals surface area contributed by atoms with Gasteiger partial charge in [0.25, 0.3) is 11.8 Å². The van der Waals surface area contributed by atoms with Crippen LogP contribution >= 0.6 is 11.3 Å². The van der Waals surface area contributed by atoms with Crippen LogP contribution in [0.15, 0.2) is 133 Å². The zero-order chi connectivity index (χ0) is 73.0. The molecule has 5 aromatic carbocycles. The number of para-hydroxylation sites is 1. The second-order valence-electron chi connectivity index (χ2n) is 29.0. The first-order valence-corrected chi connectivity index (χ1v) is 36.2. The Morgan fingerprint density at radius 3 is 2.02 bits per heavy atom. The Balaban J connectivity index is 0.628. The summed E-state index contributed by atoms with van der Waals surface area (Å²) in [5, 5.41) is 2.94. The summed E-state index contributed by atoms with van der Waals surface area (Å²) in [6.07, 6.45) is -3.87. The molecule has 1 spiro atoms. The molecule has 6 aromatic rings. The van der Waals surface area contributed by atoms with E-state index < -0.39 is 64.6 Å². The van der Waals surface area contributed by atoms with Crippen LogP contribution < -0.4 is 5.32 Å². The van der Waals surface area contributed by atoms with Gasteiger partial charge >= 0.3 is 18.4 Å². The number of carbonyl (C=O) groups is 5. The quantitative estimate of drug-likeness (QED) is 0.0370. The van der Waals surface area contributed by atoms with Crippen LogP contribution in [0.25, 0.3) is 11.1 Å². The first-order valence-electron chi connectivity index (χ1n) is 35.3. The number of anilines is 1. The first-order chi connectivity index (χ1) is 48.5. The molecule has 3 aliphatic heterocycles. The standard InChI is InChI=1S/C78H95F7N8O8S/c1-74(2,3)52-92(38-16-8-11-24-69(94)88(5)44-45-90-39-31-62(32-40-90)101-73(98)86-66-23-15-13-21-64(66)55-18-9-7-10-19-55)50-63-29-30-67(102-63)72(97)89(6)37-17-36-87(4)70(95)51-99-68-48-56-20-12-14-22-65(56)75(68)33-41-91(42-34-75)43-35-76(58-25-27-61(79)28-26-58)53-93(54-100-76)71(96)57-46-59(77(80,81)82)49-60(47-57)78(83,84)85/h7,9-10,12-15,18-23,25-30,46-47,49,62,68H,8,11,16-17,24,31-45,48,50-54H2,1-6H3,(H,86,98)/t68-,76+/m0/s1. The van der Waals surface area contributed by atoms with Gasteiger partial charge in [-0.25, -0.2) is 9.18 Å². The van der Waals surface area contributed by atoms with Crippen LogP contribution in [-0.4, -0.2) is 189 Å². The molecule has 5 amide bonds. The molecule has 0 saturated carbocycles. The summed E-state index contributed by atoms with van der Waals surface area (Å²) in [5.41, 5.74) is -0.185. The van der Waals surface area contributed by atoms with Gasteiger partial charge in [0.1, 0.15) is 30.9 Å². The number of carbonyl (C=O) groups excluding carboxylic acids is 5. The lowest BCUT2D eigenvalue weighted by Crippen LogP contribution is -2.50. The van der Waals surface area contributed by atoms with E-state index in [1.807, 2.05) is 90.8 Å². The maximum absolute atomic E-state index is 14.3. The number of thiophene rings is 1. The third kappa shape index (κ3) is 20.2. The largest absolute Gasteiger partial charge is 0.446 e. The molecule has 4 aliphatic rings. The maximum Gasteiger partial charge on any atom is 0.416 e. The van der Waals surface area contributed by atoms with E-state index in [-0.39, 0.29) is 61.0 Å². The van der Waals surface area contributed by atoms with Crippen LogP contribution in [-0.2, 0) is 60.1 Å². The molecule has 0 unspecified atom stereocenters. The van der Waals surface area contributed by atoms with E-state index in [0.29, 0.717) is 106 Å². The number of hydrogen-bond acceptors (Lipinski definition) is 12. The molecule has 0 radical (unpaired) electrons. The van der Waals surface area contributed by atoms with E-state index in [1.165, 1.54) is 41.2 Å². The van der Waals surface area contributed by atoms with Crippen molar-refractivity contribution in [2.24, 2.45) is 5.41 Å². The number of likely N-dealkylation sites (tertiary alicyclic amines) is 2. The summed E-state index contributed by atoms with van der Waals surface area (Å²) in [7, 11) is 5.38. The van der Waals surface area contributed by atoms with Gasteiger partial charge in [0.15, 0.2) is 0 Å². The van der Waals surface area contributed by atoms with Crippen molar-refractivity contribution < 1.29 is 68.9 Å². The molecule has 16 nitrogen and oxygen atoms in total. The monoisotopic (exact) mass is 1440 g/mol. The fraction of sp³-hybridized carbons (Fsp3) is 0.500. The lowest BCUT2D eigenvalue weighted by Gasteiger charge is -2.44. The average molecular weight is 1440 g/mol. The van der Waals surface area contributed by atoms with Crippen LogP contribution in [0.1, 0.15) is 138 Å². The van der Waals surface area contributed by atoms with E-state index in [9.17, 15) is 54.7 Å². The molecular weight excluding hydrogens is 1340 g/mol. The number of ether oxygens (including phenoxy) is 3. The van der Waals surface area contributed by atoms with E-state index in [0.717, 1.165) is 91.3 Å². The summed E-state index contributed by atoms with van der Waals surface area (Å²) in [5.74, 6) is -1.74. The molecule has 24 heteroatoms. The number of nitrogens with zero attached hydrogens (tertiary/aromatic N) is 7. The molecule has 3 fully saturated rings. The molecular formula is C78H95F7N8O8S. The van der Waals surface area contributed by atoms with Crippen LogP contribution in [0.4, 0.5) is 41.2 Å². The highest BCUT2D eigenvalue weighted by atomic mass is 32.1. The highest BCUT2D eigenvalue weighted by Gasteiger charge is 2.50. The van der Waals surface area contributed by atoms with Gasteiger partial charge in [-0.1, -0.05) is 112 Å². The minimum Gasteiger partial charge on any atom is -0.446 e. The first kappa shape index (κ1) is 76.9. The Bertz CT molecular complexity index is 3780. The van der Waals surface area contributed by atoms with Crippen LogP contribution in [0, 0.1) is 11.2 Å². The van der Waals surface area contributed by atoms with Crippen LogP contribution in [0.5, 0.6) is 0 Å². The third-order valence-electron chi connectivity index (χ3n) is 20.3. The zero-order valence-electron chi connectivity index (χ0n) is 59.2. The van der Waals surface area contributed by atoms with Crippen molar-refractivity contribution in [1.29, 1.82) is 0 Å².